The molecule has 2 rings (SSSR count). The van der Waals surface area contributed by atoms with Crippen LogP contribution in [0.1, 0.15) is 40.1 Å². The lowest BCUT2D eigenvalue weighted by Gasteiger charge is -2.11. The number of aromatic nitrogens is 2. The molecule has 0 aliphatic carbocycles. The quantitative estimate of drug-likeness (QED) is 0.642. The molecule has 0 spiro atoms. The minimum Gasteiger partial charge on any atom is -0.352 e. The van der Waals surface area contributed by atoms with Crippen molar-refractivity contribution in [3.05, 3.63) is 51.8 Å². The minimum absolute atomic E-state index is 0.0581. The van der Waals surface area contributed by atoms with Crippen molar-refractivity contribution >= 4 is 17.7 Å². The number of carbonyl (C=O) groups is 1. The largest absolute Gasteiger partial charge is 0.352 e. The topological polar surface area (TPSA) is 54.9 Å². The van der Waals surface area contributed by atoms with E-state index in [0.29, 0.717) is 19.4 Å². The summed E-state index contributed by atoms with van der Waals surface area (Å²) in [5.74, 6) is 0.0581. The Labute approximate surface area is 148 Å². The average molecular weight is 343 g/mol. The second kappa shape index (κ2) is 8.29. The highest BCUT2D eigenvalue weighted by atomic mass is 32.2. The first kappa shape index (κ1) is 18.5. The Bertz CT molecular complexity index is 720. The lowest BCUT2D eigenvalue weighted by Crippen LogP contribution is -2.23. The van der Waals surface area contributed by atoms with Gasteiger partial charge >= 0.3 is 0 Å². The van der Waals surface area contributed by atoms with E-state index in [9.17, 15) is 4.79 Å². The lowest BCUT2D eigenvalue weighted by molar-refractivity contribution is -0.121. The molecule has 1 N–H and O–H groups in total. The molecule has 4 nitrogen and oxygen atoms in total. The van der Waals surface area contributed by atoms with Gasteiger partial charge < -0.3 is 5.32 Å². The predicted octanol–water partition coefficient (Wildman–Crippen LogP) is 3.68. The second-order valence-corrected chi connectivity index (χ2v) is 6.84. The highest BCUT2D eigenvalue weighted by molar-refractivity contribution is 7.98. The van der Waals surface area contributed by atoms with E-state index in [4.69, 9.17) is 0 Å². The van der Waals surface area contributed by atoms with Crippen LogP contribution in [0.5, 0.6) is 0 Å². The normalized spacial score (nSPS) is 10.7. The first-order chi connectivity index (χ1) is 11.4. The zero-order valence-electron chi connectivity index (χ0n) is 15.1. The molecule has 0 saturated heterocycles. The van der Waals surface area contributed by atoms with Crippen LogP contribution < -0.4 is 5.32 Å². The van der Waals surface area contributed by atoms with Gasteiger partial charge in [-0.2, -0.15) is 0 Å². The summed E-state index contributed by atoms with van der Waals surface area (Å²) in [5, 5.41) is 3.79. The third-order valence-corrected chi connectivity index (χ3v) is 4.71. The molecule has 0 aliphatic heterocycles. The first-order valence-electron chi connectivity index (χ1n) is 8.11. The van der Waals surface area contributed by atoms with E-state index in [1.165, 1.54) is 22.9 Å². The highest BCUT2D eigenvalue weighted by Crippen LogP contribution is 2.17. The third kappa shape index (κ3) is 4.81. The van der Waals surface area contributed by atoms with Crippen LogP contribution in [0, 0.1) is 27.7 Å². The summed E-state index contributed by atoms with van der Waals surface area (Å²) in [6.07, 6.45) is 3.09. The average Bonchev–Trinajstić information content (AvgIpc) is 2.53. The molecular weight excluding hydrogens is 318 g/mol. The van der Waals surface area contributed by atoms with Gasteiger partial charge in [0.2, 0.25) is 5.91 Å². The first-order valence-corrected chi connectivity index (χ1v) is 9.34. The number of amides is 1. The maximum atomic E-state index is 12.2. The predicted molar refractivity (Wildman–Crippen MR) is 99.4 cm³/mol. The van der Waals surface area contributed by atoms with Crippen molar-refractivity contribution in [3.63, 3.8) is 0 Å². The van der Waals surface area contributed by atoms with Crippen molar-refractivity contribution < 1.29 is 4.79 Å². The molecule has 1 amide bonds. The Kier molecular flexibility index (Phi) is 6.37. The van der Waals surface area contributed by atoms with Crippen LogP contribution in [-0.4, -0.2) is 22.1 Å². The molecule has 0 aliphatic rings. The summed E-state index contributed by atoms with van der Waals surface area (Å²) >= 11 is 1.54. The maximum Gasteiger partial charge on any atom is 0.220 e. The molecule has 1 heterocycles. The van der Waals surface area contributed by atoms with Crippen molar-refractivity contribution in [1.82, 2.24) is 15.3 Å². The number of carbonyl (C=O) groups excluding carboxylic acids is 1. The molecule has 5 heteroatoms. The summed E-state index contributed by atoms with van der Waals surface area (Å²) < 4.78 is 0. The van der Waals surface area contributed by atoms with Crippen molar-refractivity contribution in [2.45, 2.75) is 52.2 Å². The molecule has 0 fully saturated rings. The summed E-state index contributed by atoms with van der Waals surface area (Å²) in [4.78, 5) is 21.1. The molecule has 1 aromatic carbocycles. The number of hydrogen-bond donors (Lipinski definition) is 1. The number of hydrogen-bond acceptors (Lipinski definition) is 4. The van der Waals surface area contributed by atoms with Gasteiger partial charge in [0, 0.05) is 24.4 Å². The van der Waals surface area contributed by atoms with E-state index < -0.39 is 0 Å². The number of aryl methyl sites for hydroxylation is 4. The minimum atomic E-state index is 0.0581. The fraction of sp³-hybridized carbons (Fsp3) is 0.421. The van der Waals surface area contributed by atoms with E-state index >= 15 is 0 Å². The Morgan fingerprint density at radius 1 is 1.12 bits per heavy atom. The Morgan fingerprint density at radius 2 is 1.79 bits per heavy atom. The molecule has 2 aromatic rings. The number of nitrogens with one attached hydrogen (secondary N) is 1. The van der Waals surface area contributed by atoms with Gasteiger partial charge in [-0.1, -0.05) is 35.5 Å². The van der Waals surface area contributed by atoms with E-state index in [1.54, 1.807) is 0 Å². The zero-order valence-corrected chi connectivity index (χ0v) is 15.9. The van der Waals surface area contributed by atoms with Crippen molar-refractivity contribution in [3.8, 4) is 0 Å². The van der Waals surface area contributed by atoms with Crippen LogP contribution >= 0.6 is 11.8 Å². The Balaban J connectivity index is 1.92. The van der Waals surface area contributed by atoms with Gasteiger partial charge in [0.1, 0.15) is 0 Å². The van der Waals surface area contributed by atoms with Crippen LogP contribution in [-0.2, 0) is 17.8 Å². The molecule has 0 unspecified atom stereocenters. The summed E-state index contributed by atoms with van der Waals surface area (Å²) in [6, 6.07) is 6.29. The molecule has 24 heavy (non-hydrogen) atoms. The third-order valence-electron chi connectivity index (χ3n) is 4.16. The standard InChI is InChI=1S/C19H25N3OS/c1-12-6-7-16(13(2)10-12)11-20-18(23)9-8-17-14(3)21-19(24-5)22-15(17)4/h6-7,10H,8-9,11H2,1-5H3,(H,20,23). The Morgan fingerprint density at radius 3 is 2.38 bits per heavy atom. The fourth-order valence-corrected chi connectivity index (χ4v) is 3.18. The van der Waals surface area contributed by atoms with Gasteiger partial charge in [-0.05, 0) is 57.1 Å². The monoisotopic (exact) mass is 343 g/mol. The summed E-state index contributed by atoms with van der Waals surface area (Å²) in [5.41, 5.74) is 6.62. The summed E-state index contributed by atoms with van der Waals surface area (Å²) in [7, 11) is 0. The van der Waals surface area contributed by atoms with Crippen molar-refractivity contribution in [2.75, 3.05) is 6.26 Å². The molecule has 0 bridgehead atoms. The highest BCUT2D eigenvalue weighted by Gasteiger charge is 2.11. The van der Waals surface area contributed by atoms with Crippen LogP contribution in [0.4, 0.5) is 0 Å². The number of rotatable bonds is 6. The van der Waals surface area contributed by atoms with E-state index in [1.807, 2.05) is 20.1 Å². The van der Waals surface area contributed by atoms with Crippen LogP contribution in [0.15, 0.2) is 23.4 Å². The fourth-order valence-electron chi connectivity index (χ4n) is 2.73. The molecule has 0 atom stereocenters. The molecule has 0 radical (unpaired) electrons. The molecule has 0 saturated carbocycles. The molecular formula is C19H25N3OS. The summed E-state index contributed by atoms with van der Waals surface area (Å²) in [6.45, 7) is 8.69. The second-order valence-electron chi connectivity index (χ2n) is 6.07. The van der Waals surface area contributed by atoms with E-state index in [0.717, 1.165) is 27.7 Å². The maximum absolute atomic E-state index is 12.2. The van der Waals surface area contributed by atoms with Crippen LogP contribution in [0.2, 0.25) is 0 Å². The lowest BCUT2D eigenvalue weighted by atomic mass is 10.0. The van der Waals surface area contributed by atoms with Gasteiger partial charge in [-0.15, -0.1) is 0 Å². The van der Waals surface area contributed by atoms with Gasteiger partial charge in [-0.3, -0.25) is 4.79 Å². The molecule has 1 aromatic heterocycles. The van der Waals surface area contributed by atoms with Crippen molar-refractivity contribution in [2.24, 2.45) is 0 Å². The zero-order chi connectivity index (χ0) is 17.7. The number of thioether (sulfide) groups is 1. The van der Waals surface area contributed by atoms with Gasteiger partial charge in [0.15, 0.2) is 5.16 Å². The smallest absolute Gasteiger partial charge is 0.220 e. The number of benzene rings is 1. The Hall–Kier alpha value is -1.88. The van der Waals surface area contributed by atoms with Crippen molar-refractivity contribution in [1.29, 1.82) is 0 Å². The van der Waals surface area contributed by atoms with Gasteiger partial charge in [-0.25, -0.2) is 9.97 Å². The SMILES string of the molecule is CSc1nc(C)c(CCC(=O)NCc2ccc(C)cc2C)c(C)n1. The van der Waals surface area contributed by atoms with E-state index in [2.05, 4.69) is 47.3 Å². The van der Waals surface area contributed by atoms with E-state index in [-0.39, 0.29) is 5.91 Å². The number of nitrogens with zero attached hydrogens (tertiary/aromatic N) is 2. The van der Waals surface area contributed by atoms with Gasteiger partial charge in [0.25, 0.3) is 0 Å². The van der Waals surface area contributed by atoms with Crippen LogP contribution in [0.25, 0.3) is 0 Å². The van der Waals surface area contributed by atoms with Crippen LogP contribution in [0.3, 0.4) is 0 Å². The van der Waals surface area contributed by atoms with Gasteiger partial charge in [0.05, 0.1) is 0 Å². The molecule has 128 valence electrons.